The number of fused-ring (bicyclic) bond motifs is 1. The minimum Gasteiger partial charge on any atom is -0.373 e. The van der Waals surface area contributed by atoms with Crippen molar-refractivity contribution in [2.75, 3.05) is 6.61 Å². The molecular formula is C26H30F2N4O2. The molecule has 1 aliphatic heterocycles. The van der Waals surface area contributed by atoms with Gasteiger partial charge in [-0.15, -0.1) is 0 Å². The molecule has 0 unspecified atom stereocenters. The Morgan fingerprint density at radius 3 is 2.59 bits per heavy atom. The fourth-order valence-corrected chi connectivity index (χ4v) is 5.26. The van der Waals surface area contributed by atoms with Crippen LogP contribution in [0.3, 0.4) is 0 Å². The van der Waals surface area contributed by atoms with Gasteiger partial charge in [0.25, 0.3) is 5.56 Å². The zero-order valence-corrected chi connectivity index (χ0v) is 19.9. The number of rotatable bonds is 3. The van der Waals surface area contributed by atoms with Crippen molar-refractivity contribution in [2.45, 2.75) is 83.2 Å². The Balaban J connectivity index is 1.56. The number of nitrogens with zero attached hydrogens (tertiary/aromatic N) is 4. The molecule has 2 aliphatic rings. The highest BCUT2D eigenvalue weighted by Crippen LogP contribution is 2.43. The molecule has 0 bridgehead atoms. The average Bonchev–Trinajstić information content (AvgIpc) is 2.82. The highest BCUT2D eigenvalue weighted by atomic mass is 19.3. The number of ether oxygens (including phenoxy) is 1. The molecule has 0 spiro atoms. The summed E-state index contributed by atoms with van der Waals surface area (Å²) in [6.45, 7) is 6.10. The molecule has 0 N–H and O–H groups in total. The van der Waals surface area contributed by atoms with E-state index < -0.39 is 5.92 Å². The molecule has 0 radical (unpaired) electrons. The molecule has 1 saturated heterocycles. The van der Waals surface area contributed by atoms with Crippen LogP contribution in [0.4, 0.5) is 8.78 Å². The molecule has 4 heterocycles. The zero-order valence-electron chi connectivity index (χ0n) is 19.9. The third-order valence-electron chi connectivity index (χ3n) is 7.46. The van der Waals surface area contributed by atoms with Gasteiger partial charge in [-0.1, -0.05) is 0 Å². The van der Waals surface area contributed by atoms with Gasteiger partial charge in [-0.3, -0.25) is 9.78 Å². The van der Waals surface area contributed by atoms with Crippen molar-refractivity contribution in [3.05, 3.63) is 68.5 Å². The maximum absolute atomic E-state index is 13.9. The van der Waals surface area contributed by atoms with E-state index in [1.54, 1.807) is 13.1 Å². The largest absolute Gasteiger partial charge is 0.373 e. The number of aromatic nitrogens is 4. The Morgan fingerprint density at radius 1 is 1.09 bits per heavy atom. The highest BCUT2D eigenvalue weighted by Gasteiger charge is 2.37. The lowest BCUT2D eigenvalue weighted by Gasteiger charge is -2.31. The maximum Gasteiger partial charge on any atom is 0.277 e. The van der Waals surface area contributed by atoms with Crippen LogP contribution < -0.4 is 5.56 Å². The van der Waals surface area contributed by atoms with E-state index >= 15 is 0 Å². The first-order valence-corrected chi connectivity index (χ1v) is 12.0. The fraction of sp³-hybridized carbons (Fsp3) is 0.538. The van der Waals surface area contributed by atoms with Crippen molar-refractivity contribution in [3.63, 3.8) is 0 Å². The Kier molecular flexibility index (Phi) is 5.96. The van der Waals surface area contributed by atoms with Gasteiger partial charge < -0.3 is 4.74 Å². The van der Waals surface area contributed by atoms with Crippen LogP contribution in [0, 0.1) is 20.8 Å². The molecule has 3 aromatic heterocycles. The van der Waals surface area contributed by atoms with Crippen LogP contribution in [-0.4, -0.2) is 32.1 Å². The van der Waals surface area contributed by atoms with Crippen molar-refractivity contribution in [1.82, 2.24) is 19.6 Å². The fourth-order valence-electron chi connectivity index (χ4n) is 5.26. The van der Waals surface area contributed by atoms with E-state index in [-0.39, 0.29) is 36.3 Å². The summed E-state index contributed by atoms with van der Waals surface area (Å²) in [5, 5.41) is 4.76. The zero-order chi connectivity index (χ0) is 24.0. The van der Waals surface area contributed by atoms with Crippen LogP contribution >= 0.6 is 0 Å². The van der Waals surface area contributed by atoms with Crippen LogP contribution in [0.2, 0.25) is 0 Å². The van der Waals surface area contributed by atoms with Crippen molar-refractivity contribution in [3.8, 4) is 0 Å². The van der Waals surface area contributed by atoms with Gasteiger partial charge in [0, 0.05) is 54.1 Å². The molecule has 3 aromatic rings. The molecular weight excluding hydrogens is 438 g/mol. The first kappa shape index (κ1) is 23.0. The Hall–Kier alpha value is -2.74. The molecule has 5 rings (SSSR count). The van der Waals surface area contributed by atoms with Gasteiger partial charge in [0.05, 0.1) is 11.8 Å². The Morgan fingerprint density at radius 2 is 1.85 bits per heavy atom. The van der Waals surface area contributed by atoms with Gasteiger partial charge in [0.2, 0.25) is 5.92 Å². The van der Waals surface area contributed by atoms with Crippen molar-refractivity contribution in [1.29, 1.82) is 0 Å². The molecule has 0 amide bonds. The summed E-state index contributed by atoms with van der Waals surface area (Å²) in [5.74, 6) is -2.59. The molecule has 2 atom stereocenters. The summed E-state index contributed by atoms with van der Waals surface area (Å²) in [7, 11) is 0. The monoisotopic (exact) mass is 468 g/mol. The van der Waals surface area contributed by atoms with E-state index in [0.29, 0.717) is 36.4 Å². The Labute approximate surface area is 197 Å². The standard InChI is InChI=1S/C26H30F2N4O2/c1-15-12-20(6-10-29-15)23-13-19(7-11-34-23)22-14-21(18-4-8-26(27,28)9-5-18)24-30-17(3)16(2)25(33)32(24)31-22/h6,10,12,14,18-19,23H,4-5,7-9,11,13H2,1-3H3/t19-,23+/m1/s1. The number of halogens is 2. The van der Waals surface area contributed by atoms with Gasteiger partial charge in [-0.05, 0) is 76.1 Å². The molecule has 180 valence electrons. The summed E-state index contributed by atoms with van der Waals surface area (Å²) >= 11 is 0. The number of alkyl halides is 2. The van der Waals surface area contributed by atoms with Gasteiger partial charge >= 0.3 is 0 Å². The molecule has 34 heavy (non-hydrogen) atoms. The van der Waals surface area contributed by atoms with Crippen molar-refractivity contribution < 1.29 is 13.5 Å². The Bertz CT molecular complexity index is 1280. The van der Waals surface area contributed by atoms with Gasteiger partial charge in [-0.2, -0.15) is 9.61 Å². The SMILES string of the molecule is Cc1cc([C@@H]2C[C@H](c3cc(C4CCC(F)(F)CC4)c4nc(C)c(C)c(=O)n4n3)CCO2)ccn1. The number of pyridine rings is 1. The second-order valence-electron chi connectivity index (χ2n) is 9.83. The summed E-state index contributed by atoms with van der Waals surface area (Å²) < 4.78 is 35.2. The normalized spacial score (nSPS) is 23.3. The second-order valence-corrected chi connectivity index (χ2v) is 9.83. The first-order valence-electron chi connectivity index (χ1n) is 12.0. The molecule has 6 nitrogen and oxygen atoms in total. The number of hydrogen-bond acceptors (Lipinski definition) is 5. The molecule has 0 aromatic carbocycles. The minimum atomic E-state index is -2.62. The molecule has 1 saturated carbocycles. The second kappa shape index (κ2) is 8.80. The first-order chi connectivity index (χ1) is 16.2. The quantitative estimate of drug-likeness (QED) is 0.519. The maximum atomic E-state index is 13.9. The van der Waals surface area contributed by atoms with Crippen LogP contribution in [-0.2, 0) is 4.74 Å². The third-order valence-corrected chi connectivity index (χ3v) is 7.46. The van der Waals surface area contributed by atoms with Crippen molar-refractivity contribution >= 4 is 5.65 Å². The summed E-state index contributed by atoms with van der Waals surface area (Å²) in [4.78, 5) is 22.1. The van der Waals surface area contributed by atoms with E-state index in [1.807, 2.05) is 32.0 Å². The smallest absolute Gasteiger partial charge is 0.277 e. The highest BCUT2D eigenvalue weighted by molar-refractivity contribution is 5.51. The average molecular weight is 469 g/mol. The predicted molar refractivity (Wildman–Crippen MR) is 125 cm³/mol. The van der Waals surface area contributed by atoms with E-state index in [2.05, 4.69) is 9.97 Å². The summed E-state index contributed by atoms with van der Waals surface area (Å²) in [5.41, 5.74) is 5.21. The van der Waals surface area contributed by atoms with E-state index in [1.165, 1.54) is 4.52 Å². The lowest BCUT2D eigenvalue weighted by atomic mass is 9.81. The lowest BCUT2D eigenvalue weighted by molar-refractivity contribution is -0.0382. The van der Waals surface area contributed by atoms with Crippen LogP contribution in [0.15, 0.2) is 29.2 Å². The van der Waals surface area contributed by atoms with Crippen LogP contribution in [0.1, 0.15) is 90.2 Å². The minimum absolute atomic E-state index is 0.0659. The molecule has 1 aliphatic carbocycles. The lowest BCUT2D eigenvalue weighted by Crippen LogP contribution is -2.28. The van der Waals surface area contributed by atoms with Crippen molar-refractivity contribution in [2.24, 2.45) is 0 Å². The summed E-state index contributed by atoms with van der Waals surface area (Å²) in [6.07, 6.45) is 3.70. The predicted octanol–water partition coefficient (Wildman–Crippen LogP) is 5.34. The van der Waals surface area contributed by atoms with Crippen LogP contribution in [0.5, 0.6) is 0 Å². The van der Waals surface area contributed by atoms with Crippen LogP contribution in [0.25, 0.3) is 5.65 Å². The van der Waals surface area contributed by atoms with E-state index in [4.69, 9.17) is 9.84 Å². The molecule has 8 heteroatoms. The van der Waals surface area contributed by atoms with Gasteiger partial charge in [-0.25, -0.2) is 13.8 Å². The van der Waals surface area contributed by atoms with E-state index in [9.17, 15) is 13.6 Å². The third kappa shape index (κ3) is 4.35. The molecule has 2 fully saturated rings. The number of hydrogen-bond donors (Lipinski definition) is 0. The van der Waals surface area contributed by atoms with E-state index in [0.717, 1.165) is 35.4 Å². The number of aryl methyl sites for hydroxylation is 2. The topological polar surface area (TPSA) is 69.4 Å². The van der Waals surface area contributed by atoms with Gasteiger partial charge in [0.15, 0.2) is 5.65 Å². The summed E-state index contributed by atoms with van der Waals surface area (Å²) in [6, 6.07) is 6.03. The van der Waals surface area contributed by atoms with Gasteiger partial charge in [0.1, 0.15) is 0 Å².